The number of hydrogen-bond acceptors (Lipinski definition) is 8. The third-order valence-electron chi connectivity index (χ3n) is 7.44. The molecule has 4 rings (SSSR count). The second kappa shape index (κ2) is 14.4. The van der Waals surface area contributed by atoms with Crippen LogP contribution in [0.25, 0.3) is 0 Å². The van der Waals surface area contributed by atoms with E-state index < -0.39 is 61.2 Å². The van der Waals surface area contributed by atoms with Gasteiger partial charge in [0.1, 0.15) is 17.7 Å². The molecule has 10 nitrogen and oxygen atoms in total. The normalized spacial score (nSPS) is 17.6. The quantitative estimate of drug-likeness (QED) is 0.0596. The van der Waals surface area contributed by atoms with Crippen LogP contribution in [0, 0.1) is 11.7 Å². The Bertz CT molecular complexity index is 1780. The summed E-state index contributed by atoms with van der Waals surface area (Å²) < 4.78 is 110. The molecule has 0 saturated carbocycles. The molecule has 1 unspecified atom stereocenters. The minimum atomic E-state index is -5.89. The molecule has 3 aromatic rings. The lowest BCUT2D eigenvalue weighted by Gasteiger charge is -2.48. The molecule has 0 radical (unpaired) electrons. The molecule has 1 fully saturated rings. The number of carbonyl (C=O) groups is 2. The van der Waals surface area contributed by atoms with Crippen molar-refractivity contribution in [2.45, 2.75) is 50.3 Å². The summed E-state index contributed by atoms with van der Waals surface area (Å²) in [6.07, 6.45) is 1.79. The molecule has 0 spiro atoms. The van der Waals surface area contributed by atoms with E-state index in [1.807, 2.05) is 0 Å². The number of hydrogen-bond donors (Lipinski definition) is 1. The molecule has 1 aliphatic heterocycles. The van der Waals surface area contributed by atoms with Crippen molar-refractivity contribution in [1.82, 2.24) is 4.72 Å². The molecule has 0 aliphatic carbocycles. The molecule has 1 amide bonds. The van der Waals surface area contributed by atoms with Gasteiger partial charge in [-0.3, -0.25) is 9.59 Å². The van der Waals surface area contributed by atoms with E-state index in [0.717, 1.165) is 24.0 Å². The van der Waals surface area contributed by atoms with Crippen LogP contribution >= 0.6 is 0 Å². The molecule has 1 aliphatic rings. The Morgan fingerprint density at radius 3 is 2.13 bits per heavy atom. The van der Waals surface area contributed by atoms with Crippen molar-refractivity contribution in [3.63, 3.8) is 0 Å². The van der Waals surface area contributed by atoms with Crippen LogP contribution in [0.15, 0.2) is 72.8 Å². The highest BCUT2D eigenvalue weighted by Crippen LogP contribution is 2.47. The average Bonchev–Trinajstić information content (AvgIpc) is 2.98. The Morgan fingerprint density at radius 2 is 1.57 bits per heavy atom. The Balaban J connectivity index is 1.57. The maximum Gasteiger partial charge on any atom is 0.534 e. The van der Waals surface area contributed by atoms with E-state index >= 15 is 0 Å². The first-order chi connectivity index (χ1) is 21.9. The lowest BCUT2D eigenvalue weighted by molar-refractivity contribution is -0.147. The van der Waals surface area contributed by atoms with Crippen LogP contribution in [0.3, 0.4) is 0 Å². The highest BCUT2D eigenvalue weighted by molar-refractivity contribution is 7.88. The van der Waals surface area contributed by atoms with Gasteiger partial charge in [-0.15, -0.1) is 0 Å². The summed E-state index contributed by atoms with van der Waals surface area (Å²) >= 11 is 0. The van der Waals surface area contributed by atoms with Gasteiger partial charge >= 0.3 is 21.6 Å². The van der Waals surface area contributed by atoms with E-state index in [1.54, 1.807) is 24.3 Å². The minimum absolute atomic E-state index is 0.192. The van der Waals surface area contributed by atoms with Crippen LogP contribution in [-0.4, -0.2) is 47.0 Å². The van der Waals surface area contributed by atoms with Crippen LogP contribution in [0.2, 0.25) is 0 Å². The van der Waals surface area contributed by atoms with Crippen molar-refractivity contribution < 1.29 is 52.9 Å². The standard InChI is InChI=1S/C31H32F4N2O8S2/c1-20(38)44-28(22-7-11-24(32)12-8-22)18-17-27-29(23-9-15-26(16-10-23)45-47(42,43)31(33,34)35)37(30(27)39)25-13-5-21(6-14-25)4-3-19-36-46(2,40)41/h5-16,27-29,36H,3-4,17-19H2,1-2H3/t27?,28-,29-/m1/s1. The fourth-order valence-corrected chi connectivity index (χ4v) is 6.24. The van der Waals surface area contributed by atoms with E-state index in [2.05, 4.69) is 8.91 Å². The van der Waals surface area contributed by atoms with Gasteiger partial charge in [0, 0.05) is 19.2 Å². The number of esters is 1. The molecule has 1 saturated heterocycles. The maximum absolute atomic E-state index is 13.6. The summed E-state index contributed by atoms with van der Waals surface area (Å²) in [7, 11) is -9.20. The van der Waals surface area contributed by atoms with Crippen molar-refractivity contribution >= 4 is 37.7 Å². The molecule has 1 heterocycles. The van der Waals surface area contributed by atoms with Crippen molar-refractivity contribution in [1.29, 1.82) is 0 Å². The fourth-order valence-electron chi connectivity index (χ4n) is 5.27. The van der Waals surface area contributed by atoms with Crippen LogP contribution in [0.4, 0.5) is 23.2 Å². The largest absolute Gasteiger partial charge is 0.534 e. The molecule has 16 heteroatoms. The number of nitrogens with zero attached hydrogens (tertiary/aromatic N) is 1. The van der Waals surface area contributed by atoms with E-state index in [4.69, 9.17) is 4.74 Å². The van der Waals surface area contributed by atoms with Crippen LogP contribution in [-0.2, 0) is 40.9 Å². The second-order valence-corrected chi connectivity index (χ2v) is 14.3. The van der Waals surface area contributed by atoms with Gasteiger partial charge in [0.15, 0.2) is 0 Å². The predicted molar refractivity (Wildman–Crippen MR) is 164 cm³/mol. The van der Waals surface area contributed by atoms with Crippen molar-refractivity contribution in [3.05, 3.63) is 95.3 Å². The van der Waals surface area contributed by atoms with Gasteiger partial charge in [-0.1, -0.05) is 36.4 Å². The minimum Gasteiger partial charge on any atom is -0.458 e. The second-order valence-electron chi connectivity index (χ2n) is 11.0. The van der Waals surface area contributed by atoms with Crippen molar-refractivity contribution in [2.24, 2.45) is 5.92 Å². The Morgan fingerprint density at radius 1 is 0.957 bits per heavy atom. The van der Waals surface area contributed by atoms with E-state index in [-0.39, 0.29) is 25.3 Å². The summed E-state index contributed by atoms with van der Waals surface area (Å²) in [6.45, 7) is 1.48. The maximum atomic E-state index is 13.6. The number of aryl methyl sites for hydroxylation is 1. The number of halogens is 4. The van der Waals surface area contributed by atoms with Crippen molar-refractivity contribution in [2.75, 3.05) is 17.7 Å². The van der Waals surface area contributed by atoms with Gasteiger partial charge in [0.25, 0.3) is 0 Å². The zero-order valence-electron chi connectivity index (χ0n) is 25.2. The highest BCUT2D eigenvalue weighted by Gasteiger charge is 2.50. The number of rotatable bonds is 14. The summed E-state index contributed by atoms with van der Waals surface area (Å²) in [4.78, 5) is 26.9. The summed E-state index contributed by atoms with van der Waals surface area (Å²) in [5, 5.41) is 0. The number of ether oxygens (including phenoxy) is 1. The molecule has 3 aromatic carbocycles. The van der Waals surface area contributed by atoms with Gasteiger partial charge in [0.2, 0.25) is 15.9 Å². The van der Waals surface area contributed by atoms with Crippen LogP contribution < -0.4 is 13.8 Å². The predicted octanol–water partition coefficient (Wildman–Crippen LogP) is 5.32. The Hall–Kier alpha value is -4.02. The first-order valence-electron chi connectivity index (χ1n) is 14.4. The smallest absolute Gasteiger partial charge is 0.458 e. The topological polar surface area (TPSA) is 136 Å². The third-order valence-corrected chi connectivity index (χ3v) is 9.14. The molecule has 0 bridgehead atoms. The van der Waals surface area contributed by atoms with E-state index in [9.17, 15) is 44.0 Å². The van der Waals surface area contributed by atoms with Gasteiger partial charge in [-0.2, -0.15) is 21.6 Å². The highest BCUT2D eigenvalue weighted by atomic mass is 32.2. The van der Waals surface area contributed by atoms with E-state index in [1.165, 1.54) is 48.2 Å². The van der Waals surface area contributed by atoms with Gasteiger partial charge in [0.05, 0.1) is 18.2 Å². The number of amides is 1. The Labute approximate surface area is 269 Å². The molecular weight excluding hydrogens is 668 g/mol. The lowest BCUT2D eigenvalue weighted by Crippen LogP contribution is -2.55. The summed E-state index contributed by atoms with van der Waals surface area (Å²) in [5.41, 5.74) is -3.21. The van der Waals surface area contributed by atoms with E-state index in [0.29, 0.717) is 29.7 Å². The molecule has 3 atom stereocenters. The average molecular weight is 701 g/mol. The zero-order chi connectivity index (χ0) is 34.6. The van der Waals surface area contributed by atoms with Crippen molar-refractivity contribution in [3.8, 4) is 5.75 Å². The zero-order valence-corrected chi connectivity index (χ0v) is 26.9. The number of sulfonamides is 1. The third kappa shape index (κ3) is 9.29. The lowest BCUT2D eigenvalue weighted by atomic mass is 9.78. The number of nitrogens with one attached hydrogen (secondary N) is 1. The first-order valence-corrected chi connectivity index (χ1v) is 17.7. The van der Waals surface area contributed by atoms with Crippen LogP contribution in [0.5, 0.6) is 5.75 Å². The van der Waals surface area contributed by atoms with Crippen LogP contribution in [0.1, 0.15) is 55.0 Å². The summed E-state index contributed by atoms with van der Waals surface area (Å²) in [6, 6.07) is 16.6. The molecule has 1 N–H and O–H groups in total. The SMILES string of the molecule is CC(=O)O[C@H](CCC1C(=O)N(c2ccc(CCCNS(C)(=O)=O)cc2)[C@@H]1c1ccc(OS(=O)(=O)C(F)(F)F)cc1)c1ccc(F)cc1. The molecule has 0 aromatic heterocycles. The van der Waals surface area contributed by atoms with Gasteiger partial charge < -0.3 is 13.8 Å². The number of carbonyl (C=O) groups excluding carboxylic acids is 2. The monoisotopic (exact) mass is 700 g/mol. The molecule has 47 heavy (non-hydrogen) atoms. The first kappa shape index (κ1) is 35.8. The Kier molecular flexibility index (Phi) is 11.0. The summed E-state index contributed by atoms with van der Waals surface area (Å²) in [5.74, 6) is -2.57. The molecule has 254 valence electrons. The van der Waals surface area contributed by atoms with Gasteiger partial charge in [-0.25, -0.2) is 17.5 Å². The number of alkyl halides is 3. The molecular formula is C31H32F4N2O8S2. The number of β-lactam (4-membered cyclic amide) rings is 1. The van der Waals surface area contributed by atoms with Gasteiger partial charge in [-0.05, 0) is 78.8 Å². The fraction of sp³-hybridized carbons (Fsp3) is 0.355. The number of anilines is 1. The number of benzene rings is 3.